The van der Waals surface area contributed by atoms with E-state index in [9.17, 15) is 4.79 Å². The highest BCUT2D eigenvalue weighted by Gasteiger charge is 2.37. The summed E-state index contributed by atoms with van der Waals surface area (Å²) < 4.78 is 16.4. The summed E-state index contributed by atoms with van der Waals surface area (Å²) in [4.78, 5) is 11.7. The van der Waals surface area contributed by atoms with Crippen molar-refractivity contribution in [3.05, 3.63) is 28.8 Å². The van der Waals surface area contributed by atoms with Crippen molar-refractivity contribution in [2.45, 2.75) is 31.5 Å². The van der Waals surface area contributed by atoms with Gasteiger partial charge in [-0.3, -0.25) is 4.79 Å². The van der Waals surface area contributed by atoms with E-state index in [1.807, 2.05) is 0 Å². The minimum absolute atomic E-state index is 0.0233. The van der Waals surface area contributed by atoms with Gasteiger partial charge in [0.2, 0.25) is 0 Å². The van der Waals surface area contributed by atoms with E-state index in [4.69, 9.17) is 31.5 Å². The molecule has 1 heterocycles. The summed E-state index contributed by atoms with van der Waals surface area (Å²) in [6, 6.07) is 5.23. The zero-order chi connectivity index (χ0) is 15.3. The molecule has 0 bridgehead atoms. The average Bonchev–Trinajstić information content (AvgIpc) is 2.68. The van der Waals surface area contributed by atoms with Gasteiger partial charge in [0.05, 0.1) is 26.7 Å². The second-order valence-electron chi connectivity index (χ2n) is 5.09. The average molecular weight is 314 g/mol. The first-order valence-electron chi connectivity index (χ1n) is 6.93. The van der Waals surface area contributed by atoms with Gasteiger partial charge < -0.3 is 19.9 Å². The molecule has 0 radical (unpaired) electrons. The maximum atomic E-state index is 11.7. The highest BCUT2D eigenvalue weighted by Crippen LogP contribution is 2.30. The van der Waals surface area contributed by atoms with Crippen molar-refractivity contribution in [1.29, 1.82) is 0 Å². The summed E-state index contributed by atoms with van der Waals surface area (Å²) in [6.45, 7) is 1.08. The molecule has 6 heteroatoms. The Morgan fingerprint density at radius 3 is 2.67 bits per heavy atom. The molecular weight excluding hydrogens is 294 g/mol. The lowest BCUT2D eigenvalue weighted by atomic mass is 10.00. The number of halogens is 1. The van der Waals surface area contributed by atoms with Gasteiger partial charge in [-0.2, -0.15) is 0 Å². The molecule has 1 fully saturated rings. The fourth-order valence-electron chi connectivity index (χ4n) is 2.34. The number of methoxy groups -OCH3 is 1. The lowest BCUT2D eigenvalue weighted by Gasteiger charge is -2.32. The van der Waals surface area contributed by atoms with Gasteiger partial charge in [0.15, 0.2) is 5.79 Å². The van der Waals surface area contributed by atoms with Crippen LogP contribution >= 0.6 is 11.6 Å². The summed E-state index contributed by atoms with van der Waals surface area (Å²) in [5, 5.41) is 0.584. The second kappa shape index (κ2) is 7.11. The van der Waals surface area contributed by atoms with Crippen LogP contribution in [-0.4, -0.2) is 32.1 Å². The Morgan fingerprint density at radius 2 is 2.05 bits per heavy atom. The van der Waals surface area contributed by atoms with Crippen LogP contribution in [0.2, 0.25) is 5.02 Å². The Balaban J connectivity index is 2.25. The molecule has 2 rings (SSSR count). The number of benzene rings is 1. The third-order valence-electron chi connectivity index (χ3n) is 3.48. The predicted octanol–water partition coefficient (Wildman–Crippen LogP) is 2.55. The van der Waals surface area contributed by atoms with Gasteiger partial charge in [-0.25, -0.2) is 0 Å². The number of esters is 1. The van der Waals surface area contributed by atoms with Crippen LogP contribution in [0, 0.1) is 0 Å². The van der Waals surface area contributed by atoms with Gasteiger partial charge >= 0.3 is 5.97 Å². The second-order valence-corrected chi connectivity index (χ2v) is 5.52. The number of carbonyl (C=O) groups excluding carboxylic acids is 1. The number of rotatable bonds is 4. The molecule has 0 saturated carbocycles. The number of hydrogen-bond donors (Lipinski definition) is 1. The van der Waals surface area contributed by atoms with E-state index >= 15 is 0 Å². The topological polar surface area (TPSA) is 70.8 Å². The molecule has 0 aromatic heterocycles. The number of nitrogens with two attached hydrogens (primary N) is 1. The fourth-order valence-corrected chi connectivity index (χ4v) is 2.53. The molecular formula is C15H20ClNO4. The standard InChI is InChI=1S/C15H20ClNO4/c1-19-14(18)10-15(20-6-2-3-7-21-15)9-11-8-12(16)4-5-13(11)17/h4-5,8H,2-3,6-7,9-10,17H2,1H3. The number of anilines is 1. The molecule has 0 amide bonds. The van der Waals surface area contributed by atoms with Crippen molar-refractivity contribution >= 4 is 23.3 Å². The van der Waals surface area contributed by atoms with Gasteiger partial charge in [-0.15, -0.1) is 0 Å². The van der Waals surface area contributed by atoms with Gasteiger partial charge in [0, 0.05) is 17.1 Å². The Hall–Kier alpha value is -1.30. The Labute approximate surface area is 129 Å². The van der Waals surface area contributed by atoms with Crippen LogP contribution < -0.4 is 5.73 Å². The van der Waals surface area contributed by atoms with Crippen LogP contribution in [0.15, 0.2) is 18.2 Å². The first-order valence-corrected chi connectivity index (χ1v) is 7.31. The number of hydrogen-bond acceptors (Lipinski definition) is 5. The highest BCUT2D eigenvalue weighted by atomic mass is 35.5. The lowest BCUT2D eigenvalue weighted by molar-refractivity contribution is -0.231. The van der Waals surface area contributed by atoms with Crippen molar-refractivity contribution < 1.29 is 19.0 Å². The monoisotopic (exact) mass is 313 g/mol. The normalized spacial score (nSPS) is 18.0. The van der Waals surface area contributed by atoms with Crippen molar-refractivity contribution in [2.24, 2.45) is 0 Å². The summed E-state index contributed by atoms with van der Waals surface area (Å²) in [7, 11) is 1.35. The van der Waals surface area contributed by atoms with E-state index in [1.54, 1.807) is 18.2 Å². The van der Waals surface area contributed by atoms with Crippen LogP contribution in [0.25, 0.3) is 0 Å². The van der Waals surface area contributed by atoms with Crippen LogP contribution in [0.1, 0.15) is 24.8 Å². The first kappa shape index (κ1) is 16.1. The molecule has 0 unspecified atom stereocenters. The SMILES string of the molecule is COC(=O)CC1(Cc2cc(Cl)ccc2N)OCCCCO1. The van der Waals surface area contributed by atoms with Gasteiger partial charge in [0.25, 0.3) is 0 Å². The third kappa shape index (κ3) is 4.33. The third-order valence-corrected chi connectivity index (χ3v) is 3.71. The van der Waals surface area contributed by atoms with Crippen molar-refractivity contribution in [2.75, 3.05) is 26.1 Å². The Kier molecular flexibility index (Phi) is 5.45. The van der Waals surface area contributed by atoms with Crippen molar-refractivity contribution in [3.8, 4) is 0 Å². The maximum Gasteiger partial charge on any atom is 0.311 e. The molecule has 5 nitrogen and oxygen atoms in total. The Morgan fingerprint density at radius 1 is 1.38 bits per heavy atom. The molecule has 0 atom stereocenters. The zero-order valence-corrected chi connectivity index (χ0v) is 12.8. The van der Waals surface area contributed by atoms with Gasteiger partial charge in [-0.05, 0) is 36.6 Å². The van der Waals surface area contributed by atoms with Gasteiger partial charge in [0.1, 0.15) is 0 Å². The number of carbonyl (C=O) groups is 1. The van der Waals surface area contributed by atoms with Gasteiger partial charge in [-0.1, -0.05) is 11.6 Å². The molecule has 1 aliphatic heterocycles. The van der Waals surface area contributed by atoms with E-state index < -0.39 is 5.79 Å². The largest absolute Gasteiger partial charge is 0.469 e. The summed E-state index contributed by atoms with van der Waals surface area (Å²) in [6.07, 6.45) is 2.17. The lowest BCUT2D eigenvalue weighted by Crippen LogP contribution is -2.40. The Bertz CT molecular complexity index is 498. The molecule has 1 aliphatic rings. The minimum atomic E-state index is -1.04. The molecule has 116 valence electrons. The van der Waals surface area contributed by atoms with E-state index in [1.165, 1.54) is 7.11 Å². The molecule has 0 aliphatic carbocycles. The van der Waals surface area contributed by atoms with Crippen molar-refractivity contribution in [3.63, 3.8) is 0 Å². The van der Waals surface area contributed by atoms with E-state index in [-0.39, 0.29) is 12.4 Å². The molecule has 1 aromatic rings. The van der Waals surface area contributed by atoms with Crippen LogP contribution in [0.3, 0.4) is 0 Å². The molecule has 1 aromatic carbocycles. The van der Waals surface area contributed by atoms with Crippen LogP contribution in [0.5, 0.6) is 0 Å². The zero-order valence-electron chi connectivity index (χ0n) is 12.1. The number of ether oxygens (including phenoxy) is 3. The smallest absolute Gasteiger partial charge is 0.311 e. The predicted molar refractivity (Wildman–Crippen MR) is 80.1 cm³/mol. The summed E-state index contributed by atoms with van der Waals surface area (Å²) in [5.41, 5.74) is 7.38. The van der Waals surface area contributed by atoms with E-state index in [0.717, 1.165) is 18.4 Å². The highest BCUT2D eigenvalue weighted by molar-refractivity contribution is 6.30. The molecule has 0 spiro atoms. The fraction of sp³-hybridized carbons (Fsp3) is 0.533. The minimum Gasteiger partial charge on any atom is -0.469 e. The molecule has 1 saturated heterocycles. The van der Waals surface area contributed by atoms with Crippen LogP contribution in [-0.2, 0) is 25.4 Å². The van der Waals surface area contributed by atoms with Crippen LogP contribution in [0.4, 0.5) is 5.69 Å². The molecule has 2 N–H and O–H groups in total. The maximum absolute atomic E-state index is 11.7. The first-order chi connectivity index (χ1) is 10.0. The van der Waals surface area contributed by atoms with E-state index in [2.05, 4.69) is 0 Å². The summed E-state index contributed by atoms with van der Waals surface area (Å²) >= 11 is 6.02. The summed E-state index contributed by atoms with van der Waals surface area (Å²) in [5.74, 6) is -1.42. The molecule has 21 heavy (non-hydrogen) atoms. The quantitative estimate of drug-likeness (QED) is 0.683. The van der Waals surface area contributed by atoms with E-state index in [0.29, 0.717) is 30.3 Å². The number of nitrogen functional groups attached to an aromatic ring is 1. The van der Waals surface area contributed by atoms with Crippen molar-refractivity contribution in [1.82, 2.24) is 0 Å².